The van der Waals surface area contributed by atoms with E-state index in [4.69, 9.17) is 9.47 Å². The van der Waals surface area contributed by atoms with Crippen LogP contribution in [0.2, 0.25) is 0 Å². The molecule has 2 aromatic rings. The van der Waals surface area contributed by atoms with Crippen LogP contribution in [0.15, 0.2) is 48.5 Å². The number of para-hydroxylation sites is 1. The standard InChI is InChI=1S/C20H22N2O4/c1-25-17-9-7-16(8-10-17)22-13-15(11-19(22)23)20(24)21-12-14-5-3-4-6-18(14)26-2/h3-10,15H,11-13H2,1-2H3,(H,21,24)/t15-/m0/s1. The van der Waals surface area contributed by atoms with Crippen molar-refractivity contribution >= 4 is 17.5 Å². The molecular formula is C20H22N2O4. The summed E-state index contributed by atoms with van der Waals surface area (Å²) in [5.74, 6) is 0.925. The molecule has 0 saturated carbocycles. The molecule has 0 radical (unpaired) electrons. The highest BCUT2D eigenvalue weighted by atomic mass is 16.5. The third-order valence-electron chi connectivity index (χ3n) is 4.53. The number of rotatable bonds is 6. The summed E-state index contributed by atoms with van der Waals surface area (Å²) in [7, 11) is 3.20. The van der Waals surface area contributed by atoms with Gasteiger partial charge >= 0.3 is 0 Å². The second kappa shape index (κ2) is 7.91. The van der Waals surface area contributed by atoms with E-state index in [9.17, 15) is 9.59 Å². The third kappa shape index (κ3) is 3.79. The van der Waals surface area contributed by atoms with E-state index in [1.54, 1.807) is 31.3 Å². The Bertz CT molecular complexity index is 789. The summed E-state index contributed by atoms with van der Waals surface area (Å²) in [5, 5.41) is 2.91. The number of anilines is 1. The number of carbonyl (C=O) groups is 2. The first-order chi connectivity index (χ1) is 12.6. The Morgan fingerprint density at radius 2 is 1.85 bits per heavy atom. The van der Waals surface area contributed by atoms with Crippen molar-refractivity contribution < 1.29 is 19.1 Å². The Balaban J connectivity index is 1.61. The molecule has 0 aliphatic carbocycles. The highest BCUT2D eigenvalue weighted by molar-refractivity contribution is 6.00. The quantitative estimate of drug-likeness (QED) is 0.865. The first-order valence-corrected chi connectivity index (χ1v) is 8.46. The number of amides is 2. The average molecular weight is 354 g/mol. The minimum absolute atomic E-state index is 0.0485. The molecule has 3 rings (SSSR count). The van der Waals surface area contributed by atoms with Crippen LogP contribution in [0.25, 0.3) is 0 Å². The molecule has 1 saturated heterocycles. The molecule has 1 fully saturated rings. The Hall–Kier alpha value is -3.02. The number of hydrogen-bond acceptors (Lipinski definition) is 4. The van der Waals surface area contributed by atoms with Crippen LogP contribution >= 0.6 is 0 Å². The largest absolute Gasteiger partial charge is 0.497 e. The zero-order chi connectivity index (χ0) is 18.5. The molecule has 136 valence electrons. The SMILES string of the molecule is COc1ccc(N2C[C@@H](C(=O)NCc3ccccc3OC)CC2=O)cc1. The fourth-order valence-corrected chi connectivity index (χ4v) is 3.07. The van der Waals surface area contributed by atoms with E-state index in [1.807, 2.05) is 36.4 Å². The summed E-state index contributed by atoms with van der Waals surface area (Å²) < 4.78 is 10.4. The Morgan fingerprint density at radius 3 is 2.54 bits per heavy atom. The molecule has 0 aromatic heterocycles. The van der Waals surface area contributed by atoms with E-state index in [1.165, 1.54) is 0 Å². The van der Waals surface area contributed by atoms with E-state index in [2.05, 4.69) is 5.32 Å². The van der Waals surface area contributed by atoms with Gasteiger partial charge in [-0.1, -0.05) is 18.2 Å². The highest BCUT2D eigenvalue weighted by Gasteiger charge is 2.35. The van der Waals surface area contributed by atoms with Crippen LogP contribution in [0.5, 0.6) is 11.5 Å². The van der Waals surface area contributed by atoms with Gasteiger partial charge in [0.2, 0.25) is 11.8 Å². The van der Waals surface area contributed by atoms with Crippen molar-refractivity contribution in [3.8, 4) is 11.5 Å². The lowest BCUT2D eigenvalue weighted by atomic mass is 10.1. The molecule has 6 heteroatoms. The minimum atomic E-state index is -0.362. The van der Waals surface area contributed by atoms with Crippen LogP contribution < -0.4 is 19.7 Å². The smallest absolute Gasteiger partial charge is 0.227 e. The maximum atomic E-state index is 12.5. The summed E-state index contributed by atoms with van der Waals surface area (Å²) in [6.07, 6.45) is 0.212. The maximum Gasteiger partial charge on any atom is 0.227 e. The molecule has 0 spiro atoms. The van der Waals surface area contributed by atoms with Gasteiger partial charge in [-0.3, -0.25) is 9.59 Å². The number of hydrogen-bond donors (Lipinski definition) is 1. The van der Waals surface area contributed by atoms with E-state index in [0.717, 1.165) is 22.7 Å². The highest BCUT2D eigenvalue weighted by Crippen LogP contribution is 2.27. The minimum Gasteiger partial charge on any atom is -0.497 e. The fraction of sp³-hybridized carbons (Fsp3) is 0.300. The zero-order valence-corrected chi connectivity index (χ0v) is 14.9. The van der Waals surface area contributed by atoms with Gasteiger partial charge in [-0.05, 0) is 30.3 Å². The second-order valence-electron chi connectivity index (χ2n) is 6.13. The molecule has 6 nitrogen and oxygen atoms in total. The first-order valence-electron chi connectivity index (χ1n) is 8.46. The van der Waals surface area contributed by atoms with Gasteiger partial charge in [-0.2, -0.15) is 0 Å². The number of nitrogens with one attached hydrogen (secondary N) is 1. The van der Waals surface area contributed by atoms with E-state index < -0.39 is 0 Å². The van der Waals surface area contributed by atoms with Crippen LogP contribution in [0.1, 0.15) is 12.0 Å². The van der Waals surface area contributed by atoms with Gasteiger partial charge in [-0.15, -0.1) is 0 Å². The van der Waals surface area contributed by atoms with Gasteiger partial charge in [0.05, 0.1) is 20.1 Å². The van der Waals surface area contributed by atoms with Gasteiger partial charge in [0.15, 0.2) is 0 Å². The van der Waals surface area contributed by atoms with Crippen molar-refractivity contribution in [3.05, 3.63) is 54.1 Å². The molecule has 1 heterocycles. The molecule has 26 heavy (non-hydrogen) atoms. The summed E-state index contributed by atoms with van der Waals surface area (Å²) in [5.41, 5.74) is 1.68. The molecule has 0 bridgehead atoms. The van der Waals surface area contributed by atoms with E-state index >= 15 is 0 Å². The van der Waals surface area contributed by atoms with Crippen molar-refractivity contribution in [1.29, 1.82) is 0 Å². The van der Waals surface area contributed by atoms with Crippen LogP contribution in [0, 0.1) is 5.92 Å². The average Bonchev–Trinajstić information content (AvgIpc) is 3.08. The van der Waals surface area contributed by atoms with Crippen LogP contribution in [0.3, 0.4) is 0 Å². The predicted molar refractivity (Wildman–Crippen MR) is 98.3 cm³/mol. The number of benzene rings is 2. The second-order valence-corrected chi connectivity index (χ2v) is 6.13. The Kier molecular flexibility index (Phi) is 5.41. The van der Waals surface area contributed by atoms with Gasteiger partial charge in [0.1, 0.15) is 11.5 Å². The number of ether oxygens (including phenoxy) is 2. The molecule has 1 N–H and O–H groups in total. The van der Waals surface area contributed by atoms with Gasteiger partial charge < -0.3 is 19.7 Å². The summed E-state index contributed by atoms with van der Waals surface area (Å²) in [6, 6.07) is 14.8. The van der Waals surface area contributed by atoms with Gasteiger partial charge in [0.25, 0.3) is 0 Å². The monoisotopic (exact) mass is 354 g/mol. The van der Waals surface area contributed by atoms with Crippen molar-refractivity contribution in [2.24, 2.45) is 5.92 Å². The topological polar surface area (TPSA) is 67.9 Å². The summed E-state index contributed by atoms with van der Waals surface area (Å²) in [6.45, 7) is 0.749. The lowest BCUT2D eigenvalue weighted by Crippen LogP contribution is -2.32. The van der Waals surface area contributed by atoms with E-state index in [-0.39, 0.29) is 24.2 Å². The predicted octanol–water partition coefficient (Wildman–Crippen LogP) is 2.37. The van der Waals surface area contributed by atoms with Crippen molar-refractivity contribution in [2.75, 3.05) is 25.7 Å². The van der Waals surface area contributed by atoms with E-state index in [0.29, 0.717) is 13.1 Å². The fourth-order valence-electron chi connectivity index (χ4n) is 3.07. The van der Waals surface area contributed by atoms with Gasteiger partial charge in [-0.25, -0.2) is 0 Å². The number of carbonyl (C=O) groups excluding carboxylic acids is 2. The molecule has 2 aromatic carbocycles. The maximum absolute atomic E-state index is 12.5. The number of methoxy groups -OCH3 is 2. The lowest BCUT2D eigenvalue weighted by Gasteiger charge is -2.17. The third-order valence-corrected chi connectivity index (χ3v) is 4.53. The van der Waals surface area contributed by atoms with Gasteiger partial charge in [0, 0.05) is 30.8 Å². The summed E-state index contributed by atoms with van der Waals surface area (Å²) in [4.78, 5) is 26.4. The molecule has 2 amide bonds. The van der Waals surface area contributed by atoms with Crippen molar-refractivity contribution in [1.82, 2.24) is 5.32 Å². The summed E-state index contributed by atoms with van der Waals surface area (Å²) >= 11 is 0. The van der Waals surface area contributed by atoms with Crippen molar-refractivity contribution in [3.63, 3.8) is 0 Å². The normalized spacial score (nSPS) is 16.5. The van der Waals surface area contributed by atoms with Crippen LogP contribution in [-0.4, -0.2) is 32.6 Å². The van der Waals surface area contributed by atoms with Crippen LogP contribution in [0.4, 0.5) is 5.69 Å². The number of nitrogens with zero attached hydrogens (tertiary/aromatic N) is 1. The molecular weight excluding hydrogens is 332 g/mol. The zero-order valence-electron chi connectivity index (χ0n) is 14.9. The molecule has 0 unspecified atom stereocenters. The Morgan fingerprint density at radius 1 is 1.12 bits per heavy atom. The van der Waals surface area contributed by atoms with Crippen molar-refractivity contribution in [2.45, 2.75) is 13.0 Å². The molecule has 1 aliphatic rings. The molecule has 1 aliphatic heterocycles. The lowest BCUT2D eigenvalue weighted by molar-refractivity contribution is -0.126. The molecule has 1 atom stereocenters. The first kappa shape index (κ1) is 17.8. The van der Waals surface area contributed by atoms with Crippen LogP contribution in [-0.2, 0) is 16.1 Å². The Labute approximate surface area is 152 Å².